The Morgan fingerprint density at radius 1 is 1.44 bits per heavy atom. The number of halogens is 1. The van der Waals surface area contributed by atoms with E-state index in [9.17, 15) is 9.59 Å². The Kier molecular flexibility index (Phi) is 3.95. The highest BCUT2D eigenvalue weighted by atomic mass is 79.9. The molecule has 0 radical (unpaired) electrons. The molecule has 0 bridgehead atoms. The zero-order valence-electron chi connectivity index (χ0n) is 14.2. The first kappa shape index (κ1) is 16.7. The molecule has 2 aromatic rings. The molecule has 1 fully saturated rings. The van der Waals surface area contributed by atoms with Gasteiger partial charge in [-0.2, -0.15) is 9.50 Å². The summed E-state index contributed by atoms with van der Waals surface area (Å²) in [4.78, 5) is 29.6. The molecule has 1 saturated heterocycles. The molecule has 0 saturated carbocycles. The van der Waals surface area contributed by atoms with E-state index in [2.05, 4.69) is 38.3 Å². The van der Waals surface area contributed by atoms with Crippen LogP contribution in [0.5, 0.6) is 0 Å². The first-order valence-corrected chi connectivity index (χ1v) is 9.23. The van der Waals surface area contributed by atoms with E-state index in [1.54, 1.807) is 0 Å². The number of carbonyl (C=O) groups is 1. The number of aromatic nitrogens is 4. The van der Waals surface area contributed by atoms with Crippen LogP contribution in [0.1, 0.15) is 43.4 Å². The van der Waals surface area contributed by atoms with Crippen molar-refractivity contribution < 1.29 is 9.53 Å². The van der Waals surface area contributed by atoms with Gasteiger partial charge in [0, 0.05) is 16.7 Å². The summed E-state index contributed by atoms with van der Waals surface area (Å²) in [7, 11) is 1.36. The number of esters is 1. The maximum Gasteiger partial charge on any atom is 0.325 e. The Labute approximate surface area is 152 Å². The molecule has 1 atom stereocenters. The maximum absolute atomic E-state index is 13.2. The topological polar surface area (TPSA) is 90.5 Å². The van der Waals surface area contributed by atoms with Gasteiger partial charge in [-0.25, -0.2) is 0 Å². The third-order valence-electron chi connectivity index (χ3n) is 5.53. The van der Waals surface area contributed by atoms with Crippen molar-refractivity contribution in [1.29, 1.82) is 0 Å². The normalized spacial score (nSPS) is 21.6. The monoisotopic (exact) mass is 409 g/mol. The quantitative estimate of drug-likeness (QED) is 0.742. The molecule has 2 aromatic heterocycles. The predicted octanol–water partition coefficient (Wildman–Crippen LogP) is 0.955. The number of rotatable bonds is 2. The highest BCUT2D eigenvalue weighted by molar-refractivity contribution is 9.10. The van der Waals surface area contributed by atoms with Crippen molar-refractivity contribution in [1.82, 2.24) is 24.5 Å². The number of hydrogen-bond acceptors (Lipinski definition) is 6. The van der Waals surface area contributed by atoms with Gasteiger partial charge in [0.2, 0.25) is 10.5 Å². The Bertz CT molecular complexity index is 913. The van der Waals surface area contributed by atoms with Crippen LogP contribution in [-0.4, -0.2) is 45.3 Å². The Hall–Kier alpha value is -1.74. The summed E-state index contributed by atoms with van der Waals surface area (Å²) >= 11 is 3.25. The fourth-order valence-corrected chi connectivity index (χ4v) is 4.87. The van der Waals surface area contributed by atoms with Crippen LogP contribution in [0.3, 0.4) is 0 Å². The highest BCUT2D eigenvalue weighted by Gasteiger charge is 2.47. The Morgan fingerprint density at radius 3 is 2.84 bits per heavy atom. The second kappa shape index (κ2) is 5.91. The maximum atomic E-state index is 13.2. The zero-order chi connectivity index (χ0) is 17.8. The fraction of sp³-hybridized carbons (Fsp3) is 0.625. The lowest BCUT2D eigenvalue weighted by molar-refractivity contribution is -0.141. The van der Waals surface area contributed by atoms with E-state index in [4.69, 9.17) is 4.74 Å². The molecule has 3 heterocycles. The van der Waals surface area contributed by atoms with Crippen LogP contribution in [0.25, 0.3) is 5.78 Å². The van der Waals surface area contributed by atoms with Crippen molar-refractivity contribution in [2.75, 3.05) is 20.2 Å². The average Bonchev–Trinajstić information content (AvgIpc) is 3.11. The molecular weight excluding hydrogens is 390 g/mol. The molecule has 1 aliphatic heterocycles. The molecule has 4 rings (SSSR count). The number of methoxy groups -OCH3 is 1. The van der Waals surface area contributed by atoms with Gasteiger partial charge in [-0.15, -0.1) is 5.10 Å². The van der Waals surface area contributed by atoms with Crippen molar-refractivity contribution in [2.45, 2.75) is 44.1 Å². The van der Waals surface area contributed by atoms with Crippen LogP contribution in [0, 0.1) is 0 Å². The summed E-state index contributed by atoms with van der Waals surface area (Å²) in [5.41, 5.74) is 1.44. The number of ether oxygens (including phenoxy) is 1. The molecule has 9 heteroatoms. The van der Waals surface area contributed by atoms with Crippen LogP contribution in [-0.2, 0) is 21.5 Å². The number of nitrogens with zero attached hydrogens (tertiary/aromatic N) is 4. The molecule has 1 aliphatic carbocycles. The lowest BCUT2D eigenvalue weighted by Crippen LogP contribution is -2.42. The number of carbonyl (C=O) groups excluding carboxylic acids is 1. The summed E-state index contributed by atoms with van der Waals surface area (Å²) in [6, 6.07) is 0. The lowest BCUT2D eigenvalue weighted by Gasteiger charge is -2.34. The van der Waals surface area contributed by atoms with Gasteiger partial charge in [0.1, 0.15) is 6.54 Å². The minimum absolute atomic E-state index is 0.0203. The van der Waals surface area contributed by atoms with E-state index < -0.39 is 0 Å². The van der Waals surface area contributed by atoms with Crippen LogP contribution >= 0.6 is 15.9 Å². The summed E-state index contributed by atoms with van der Waals surface area (Å²) in [6.45, 7) is 3.92. The van der Waals surface area contributed by atoms with Crippen molar-refractivity contribution in [3.05, 3.63) is 26.3 Å². The molecule has 134 valence electrons. The van der Waals surface area contributed by atoms with Crippen LogP contribution in [0.15, 0.2) is 9.53 Å². The van der Waals surface area contributed by atoms with Crippen molar-refractivity contribution in [3.63, 3.8) is 0 Å². The zero-order valence-corrected chi connectivity index (χ0v) is 15.8. The molecule has 1 spiro atoms. The van der Waals surface area contributed by atoms with Crippen molar-refractivity contribution in [2.24, 2.45) is 0 Å². The van der Waals surface area contributed by atoms with E-state index in [0.29, 0.717) is 10.5 Å². The summed E-state index contributed by atoms with van der Waals surface area (Å²) in [5, 5.41) is 7.58. The summed E-state index contributed by atoms with van der Waals surface area (Å²) in [6.07, 6.45) is 2.74. The number of hydrogen-bond donors (Lipinski definition) is 1. The van der Waals surface area contributed by atoms with Crippen LogP contribution in [0.4, 0.5) is 0 Å². The van der Waals surface area contributed by atoms with Gasteiger partial charge in [0.25, 0.3) is 5.56 Å². The molecule has 1 N–H and O–H groups in total. The second-order valence-electron chi connectivity index (χ2n) is 6.96. The first-order valence-electron chi connectivity index (χ1n) is 8.44. The van der Waals surface area contributed by atoms with Crippen molar-refractivity contribution >= 4 is 27.7 Å². The minimum Gasteiger partial charge on any atom is -0.468 e. The number of piperidine rings is 1. The van der Waals surface area contributed by atoms with Gasteiger partial charge in [-0.1, -0.05) is 6.92 Å². The molecule has 0 aromatic carbocycles. The molecule has 25 heavy (non-hydrogen) atoms. The van der Waals surface area contributed by atoms with Gasteiger partial charge in [0.15, 0.2) is 0 Å². The van der Waals surface area contributed by atoms with Gasteiger partial charge in [0.05, 0.1) is 7.11 Å². The standard InChI is InChI=1S/C16H20BrN5O3/c1-9-7-16(3-5-18-6-4-16)11-12(9)21(8-10(23)25-2)15-19-14(17)20-22(15)13(11)24/h9,18H,3-8H2,1-2H3. The van der Waals surface area contributed by atoms with E-state index in [1.165, 1.54) is 11.6 Å². The molecular formula is C16H20BrN5O3. The van der Waals surface area contributed by atoms with Gasteiger partial charge in [-0.05, 0) is 54.2 Å². The van der Waals surface area contributed by atoms with Gasteiger partial charge < -0.3 is 14.6 Å². The van der Waals surface area contributed by atoms with Gasteiger partial charge >= 0.3 is 5.97 Å². The average molecular weight is 410 g/mol. The fourth-order valence-electron chi connectivity index (χ4n) is 4.55. The lowest BCUT2D eigenvalue weighted by atomic mass is 9.74. The predicted molar refractivity (Wildman–Crippen MR) is 93.8 cm³/mol. The highest BCUT2D eigenvalue weighted by Crippen LogP contribution is 2.49. The van der Waals surface area contributed by atoms with Gasteiger partial charge in [-0.3, -0.25) is 9.59 Å². The minimum atomic E-state index is -0.370. The molecule has 8 nitrogen and oxygen atoms in total. The van der Waals surface area contributed by atoms with Crippen LogP contribution in [0.2, 0.25) is 0 Å². The Morgan fingerprint density at radius 2 is 2.16 bits per heavy atom. The third kappa shape index (κ3) is 2.43. The smallest absolute Gasteiger partial charge is 0.325 e. The summed E-state index contributed by atoms with van der Waals surface area (Å²) < 4.78 is 8.31. The van der Waals surface area contributed by atoms with E-state index in [0.717, 1.165) is 43.6 Å². The van der Waals surface area contributed by atoms with E-state index in [1.807, 2.05) is 4.57 Å². The third-order valence-corrected chi connectivity index (χ3v) is 5.86. The Balaban J connectivity index is 2.04. The molecule has 0 amide bonds. The van der Waals surface area contributed by atoms with E-state index in [-0.39, 0.29) is 29.4 Å². The molecule has 2 aliphatic rings. The first-order chi connectivity index (χ1) is 12.0. The summed E-state index contributed by atoms with van der Waals surface area (Å²) in [5.74, 6) is 0.176. The number of fused-ring (bicyclic) bond motifs is 3. The van der Waals surface area contributed by atoms with Crippen LogP contribution < -0.4 is 10.9 Å². The van der Waals surface area contributed by atoms with Crippen molar-refractivity contribution in [3.8, 4) is 0 Å². The second-order valence-corrected chi connectivity index (χ2v) is 7.67. The van der Waals surface area contributed by atoms with E-state index >= 15 is 0 Å². The largest absolute Gasteiger partial charge is 0.468 e. The SMILES string of the molecule is COC(=O)Cn1c2c(c(=O)n3nc(Br)nc13)C1(CCNCC1)CC2C. The molecule has 1 unspecified atom stereocenters. The number of nitrogens with one attached hydrogen (secondary N) is 1.